The Labute approximate surface area is 142 Å². The Kier molecular flexibility index (Phi) is 5.14. The summed E-state index contributed by atoms with van der Waals surface area (Å²) in [7, 11) is 0. The lowest BCUT2D eigenvalue weighted by Crippen LogP contribution is -2.57. The highest BCUT2D eigenvalue weighted by Crippen LogP contribution is 2.34. The van der Waals surface area contributed by atoms with Crippen molar-refractivity contribution in [2.24, 2.45) is 0 Å². The summed E-state index contributed by atoms with van der Waals surface area (Å²) in [5.41, 5.74) is 0.322. The molecule has 2 saturated heterocycles. The zero-order valence-corrected chi connectivity index (χ0v) is 14.1. The molecule has 2 aliphatic rings. The van der Waals surface area contributed by atoms with E-state index in [2.05, 4.69) is 17.1 Å². The molecule has 6 nitrogen and oxygen atoms in total. The van der Waals surface area contributed by atoms with Crippen LogP contribution in [0.15, 0.2) is 24.3 Å². The first-order valence-electron chi connectivity index (χ1n) is 8.89. The smallest absolute Gasteiger partial charge is 0.270 e. The van der Waals surface area contributed by atoms with Crippen molar-refractivity contribution in [3.63, 3.8) is 0 Å². The van der Waals surface area contributed by atoms with Crippen LogP contribution in [0.5, 0.6) is 0 Å². The average Bonchev–Trinajstić information content (AvgIpc) is 2.55. The van der Waals surface area contributed by atoms with Crippen molar-refractivity contribution in [3.05, 3.63) is 39.9 Å². The number of rotatable bonds is 5. The summed E-state index contributed by atoms with van der Waals surface area (Å²) in [5.74, 6) is -0.203. The molecule has 0 aliphatic carbocycles. The Morgan fingerprint density at radius 1 is 1.33 bits per heavy atom. The Hall–Kier alpha value is -1.95. The van der Waals surface area contributed by atoms with Crippen LogP contribution in [0.2, 0.25) is 0 Å². The number of piperidine rings is 2. The van der Waals surface area contributed by atoms with Gasteiger partial charge in [-0.2, -0.15) is 0 Å². The van der Waals surface area contributed by atoms with Gasteiger partial charge in [0.2, 0.25) is 0 Å². The van der Waals surface area contributed by atoms with Crippen LogP contribution in [-0.2, 0) is 0 Å². The molecule has 0 unspecified atom stereocenters. The predicted octanol–water partition coefficient (Wildman–Crippen LogP) is 3.12. The maximum atomic E-state index is 12.5. The van der Waals surface area contributed by atoms with Crippen LogP contribution in [0.3, 0.4) is 0 Å². The third kappa shape index (κ3) is 3.59. The summed E-state index contributed by atoms with van der Waals surface area (Å²) in [6.07, 6.45) is 6.83. The molecule has 0 saturated carbocycles. The Morgan fingerprint density at radius 2 is 2.04 bits per heavy atom. The molecular formula is C18H25N3O3. The summed E-state index contributed by atoms with van der Waals surface area (Å²) in [5, 5.41) is 14.0. The topological polar surface area (TPSA) is 75.5 Å². The number of amides is 1. The maximum absolute atomic E-state index is 12.5. The van der Waals surface area contributed by atoms with Gasteiger partial charge < -0.3 is 5.32 Å². The van der Waals surface area contributed by atoms with E-state index in [4.69, 9.17) is 0 Å². The summed E-state index contributed by atoms with van der Waals surface area (Å²) >= 11 is 0. The zero-order chi connectivity index (χ0) is 17.1. The van der Waals surface area contributed by atoms with Crippen molar-refractivity contribution in [2.45, 2.75) is 63.6 Å². The van der Waals surface area contributed by atoms with E-state index >= 15 is 0 Å². The minimum Gasteiger partial charge on any atom is -0.349 e. The van der Waals surface area contributed by atoms with Gasteiger partial charge in [0.1, 0.15) is 0 Å². The molecule has 2 fully saturated rings. The highest BCUT2D eigenvalue weighted by atomic mass is 16.6. The molecule has 1 aromatic carbocycles. The Balaban J connectivity index is 1.65. The number of nitrogens with one attached hydrogen (secondary N) is 1. The van der Waals surface area contributed by atoms with Crippen molar-refractivity contribution in [3.8, 4) is 0 Å². The van der Waals surface area contributed by atoms with Crippen molar-refractivity contribution in [1.29, 1.82) is 0 Å². The van der Waals surface area contributed by atoms with Gasteiger partial charge in [0, 0.05) is 35.8 Å². The lowest BCUT2D eigenvalue weighted by Gasteiger charge is -2.49. The number of hydrogen-bond donors (Lipinski definition) is 1. The van der Waals surface area contributed by atoms with Crippen LogP contribution in [0.1, 0.15) is 55.8 Å². The van der Waals surface area contributed by atoms with E-state index in [9.17, 15) is 14.9 Å². The van der Waals surface area contributed by atoms with Gasteiger partial charge in [0.15, 0.2) is 0 Å². The number of nitro groups is 1. The molecule has 2 atom stereocenters. The standard InChI is InChI=1S/C18H25N3O3/c1-2-9-20-15-6-4-7-16(20)12-14(11-15)19-18(22)13-5-3-8-17(10-13)21(23)24/h3,5,8,10,14-16H,2,4,6-7,9,11-12H2,1H3,(H,19,22)/t15-,16-/m0/s1. The van der Waals surface area contributed by atoms with Crippen LogP contribution >= 0.6 is 0 Å². The van der Waals surface area contributed by atoms with Crippen LogP contribution in [0.4, 0.5) is 5.69 Å². The largest absolute Gasteiger partial charge is 0.349 e. The highest BCUT2D eigenvalue weighted by Gasteiger charge is 2.38. The number of nitro benzene ring substituents is 1. The van der Waals surface area contributed by atoms with E-state index in [1.165, 1.54) is 31.4 Å². The van der Waals surface area contributed by atoms with E-state index < -0.39 is 4.92 Å². The number of fused-ring (bicyclic) bond motifs is 2. The van der Waals surface area contributed by atoms with E-state index in [0.29, 0.717) is 17.6 Å². The molecule has 1 aromatic rings. The van der Waals surface area contributed by atoms with Crippen molar-refractivity contribution in [1.82, 2.24) is 10.2 Å². The quantitative estimate of drug-likeness (QED) is 0.664. The molecule has 2 bridgehead atoms. The van der Waals surface area contributed by atoms with E-state index in [1.54, 1.807) is 12.1 Å². The summed E-state index contributed by atoms with van der Waals surface area (Å²) in [6.45, 7) is 3.35. The molecule has 1 N–H and O–H groups in total. The molecule has 3 rings (SSSR count). The lowest BCUT2D eigenvalue weighted by molar-refractivity contribution is -0.384. The van der Waals surface area contributed by atoms with E-state index in [-0.39, 0.29) is 17.6 Å². The Morgan fingerprint density at radius 3 is 2.67 bits per heavy atom. The van der Waals surface area contributed by atoms with Crippen LogP contribution in [0.25, 0.3) is 0 Å². The fraction of sp³-hybridized carbons (Fsp3) is 0.611. The highest BCUT2D eigenvalue weighted by molar-refractivity contribution is 5.95. The SMILES string of the molecule is CCCN1[C@H]2CCC[C@H]1CC(NC(=O)c1cccc([N+](=O)[O-])c1)C2. The number of carbonyl (C=O) groups excluding carboxylic acids is 1. The van der Waals surface area contributed by atoms with Gasteiger partial charge in [-0.3, -0.25) is 19.8 Å². The number of benzene rings is 1. The summed E-state index contributed by atoms with van der Waals surface area (Å²) in [4.78, 5) is 25.5. The molecule has 6 heteroatoms. The third-order valence-corrected chi connectivity index (χ3v) is 5.26. The Bertz CT molecular complexity index is 605. The van der Waals surface area contributed by atoms with E-state index in [0.717, 1.165) is 25.8 Å². The molecule has 0 radical (unpaired) electrons. The molecular weight excluding hydrogens is 306 g/mol. The number of non-ortho nitro benzene ring substituents is 1. The van der Waals surface area contributed by atoms with Gasteiger partial charge >= 0.3 is 0 Å². The van der Waals surface area contributed by atoms with Gasteiger partial charge in [-0.05, 0) is 44.7 Å². The average molecular weight is 331 g/mol. The van der Waals surface area contributed by atoms with Gasteiger partial charge in [0.05, 0.1) is 4.92 Å². The van der Waals surface area contributed by atoms with Crippen molar-refractivity contribution < 1.29 is 9.72 Å². The van der Waals surface area contributed by atoms with Gasteiger partial charge in [0.25, 0.3) is 11.6 Å². The maximum Gasteiger partial charge on any atom is 0.270 e. The minimum atomic E-state index is -0.468. The molecule has 2 aliphatic heterocycles. The van der Waals surface area contributed by atoms with Crippen LogP contribution in [-0.4, -0.2) is 40.4 Å². The van der Waals surface area contributed by atoms with Gasteiger partial charge in [-0.25, -0.2) is 0 Å². The summed E-state index contributed by atoms with van der Waals surface area (Å²) < 4.78 is 0. The molecule has 0 spiro atoms. The fourth-order valence-electron chi connectivity index (χ4n) is 4.25. The molecule has 0 aromatic heterocycles. The second-order valence-electron chi connectivity index (χ2n) is 6.93. The molecule has 2 heterocycles. The monoisotopic (exact) mass is 331 g/mol. The lowest BCUT2D eigenvalue weighted by atomic mass is 9.81. The first-order valence-corrected chi connectivity index (χ1v) is 8.89. The first-order chi connectivity index (χ1) is 11.6. The van der Waals surface area contributed by atoms with Gasteiger partial charge in [-0.15, -0.1) is 0 Å². The van der Waals surface area contributed by atoms with Crippen LogP contribution < -0.4 is 5.32 Å². The summed E-state index contributed by atoms with van der Waals surface area (Å²) in [6, 6.07) is 7.24. The van der Waals surface area contributed by atoms with Crippen molar-refractivity contribution in [2.75, 3.05) is 6.54 Å². The number of carbonyl (C=O) groups is 1. The van der Waals surface area contributed by atoms with Gasteiger partial charge in [-0.1, -0.05) is 19.4 Å². The normalized spacial score (nSPS) is 26.8. The number of hydrogen-bond acceptors (Lipinski definition) is 4. The molecule has 24 heavy (non-hydrogen) atoms. The number of nitrogens with zero attached hydrogens (tertiary/aromatic N) is 2. The fourth-order valence-corrected chi connectivity index (χ4v) is 4.25. The first kappa shape index (κ1) is 16.9. The molecule has 130 valence electrons. The van der Waals surface area contributed by atoms with Crippen LogP contribution in [0, 0.1) is 10.1 Å². The predicted molar refractivity (Wildman–Crippen MR) is 92.0 cm³/mol. The third-order valence-electron chi connectivity index (χ3n) is 5.26. The second kappa shape index (κ2) is 7.30. The van der Waals surface area contributed by atoms with E-state index in [1.807, 2.05) is 0 Å². The van der Waals surface area contributed by atoms with Crippen molar-refractivity contribution >= 4 is 11.6 Å². The zero-order valence-electron chi connectivity index (χ0n) is 14.1. The molecule has 1 amide bonds. The second-order valence-corrected chi connectivity index (χ2v) is 6.93. The minimum absolute atomic E-state index is 0.0442.